The Morgan fingerprint density at radius 2 is 1.45 bits per heavy atom. The lowest BCUT2D eigenvalue weighted by atomic mass is 9.69. The molecular weight excluding hydrogens is 244 g/mol. The molecule has 3 aliphatic carbocycles. The summed E-state index contributed by atoms with van der Waals surface area (Å²) in [4.78, 5) is 2.82. The van der Waals surface area contributed by atoms with Crippen LogP contribution in [0.3, 0.4) is 0 Å². The van der Waals surface area contributed by atoms with E-state index in [9.17, 15) is 0 Å². The highest BCUT2D eigenvalue weighted by Gasteiger charge is 2.40. The molecule has 0 saturated heterocycles. The van der Waals surface area contributed by atoms with Crippen molar-refractivity contribution in [2.24, 2.45) is 28.9 Å². The molecule has 2 heteroatoms. The van der Waals surface area contributed by atoms with Crippen molar-refractivity contribution in [1.29, 1.82) is 0 Å². The minimum absolute atomic E-state index is 0.422. The predicted molar refractivity (Wildman–Crippen MR) is 85.6 cm³/mol. The minimum Gasteiger partial charge on any atom is -0.326 e. The first-order valence-electron chi connectivity index (χ1n) is 8.93. The molecule has 20 heavy (non-hydrogen) atoms. The third-order valence-corrected chi connectivity index (χ3v) is 5.94. The fraction of sp³-hybridized carbons (Fsp3) is 1.00. The zero-order chi connectivity index (χ0) is 14.3. The Bertz CT molecular complexity index is 311. The minimum atomic E-state index is 0.422. The van der Waals surface area contributed by atoms with E-state index in [4.69, 9.17) is 5.73 Å². The van der Waals surface area contributed by atoms with Crippen LogP contribution in [0, 0.1) is 23.2 Å². The summed E-state index contributed by atoms with van der Waals surface area (Å²) in [6.07, 6.45) is 9.76. The van der Waals surface area contributed by atoms with Crippen molar-refractivity contribution in [2.75, 3.05) is 13.1 Å². The average Bonchev–Trinajstić information content (AvgIpc) is 3.22. The third kappa shape index (κ3) is 3.76. The highest BCUT2D eigenvalue weighted by atomic mass is 15.2. The summed E-state index contributed by atoms with van der Waals surface area (Å²) in [5.74, 6) is 2.85. The molecule has 2 N–H and O–H groups in total. The summed E-state index contributed by atoms with van der Waals surface area (Å²) in [5.41, 5.74) is 6.98. The molecule has 0 radical (unpaired) electrons. The first-order chi connectivity index (χ1) is 9.43. The maximum Gasteiger partial charge on any atom is 0.0250 e. The Morgan fingerprint density at radius 3 is 1.90 bits per heavy atom. The van der Waals surface area contributed by atoms with E-state index in [2.05, 4.69) is 25.7 Å². The van der Waals surface area contributed by atoms with Gasteiger partial charge in [0.15, 0.2) is 0 Å². The van der Waals surface area contributed by atoms with Gasteiger partial charge in [0.2, 0.25) is 0 Å². The standard InChI is InChI=1S/C18H34N2/c1-18(2,3)15-8-9-16(19)17(10-15)20(11-13-4-5-13)12-14-6-7-14/h13-17H,4-12,19H2,1-3H3. The fourth-order valence-corrected chi connectivity index (χ4v) is 3.99. The Balaban J connectivity index is 1.65. The van der Waals surface area contributed by atoms with E-state index in [0.717, 1.165) is 17.8 Å². The van der Waals surface area contributed by atoms with Gasteiger partial charge in [-0.2, -0.15) is 0 Å². The van der Waals surface area contributed by atoms with Crippen LogP contribution in [-0.4, -0.2) is 30.1 Å². The topological polar surface area (TPSA) is 29.3 Å². The first kappa shape index (κ1) is 14.8. The van der Waals surface area contributed by atoms with Gasteiger partial charge in [-0.25, -0.2) is 0 Å². The molecule has 0 aliphatic heterocycles. The second-order valence-corrected chi connectivity index (χ2v) is 8.95. The molecule has 3 saturated carbocycles. The van der Waals surface area contributed by atoms with Gasteiger partial charge in [-0.15, -0.1) is 0 Å². The maximum absolute atomic E-state index is 6.54. The molecule has 0 heterocycles. The van der Waals surface area contributed by atoms with Crippen molar-refractivity contribution in [2.45, 2.75) is 77.8 Å². The van der Waals surface area contributed by atoms with E-state index in [1.54, 1.807) is 0 Å². The summed E-state index contributed by atoms with van der Waals surface area (Å²) in [6, 6.07) is 1.08. The number of hydrogen-bond donors (Lipinski definition) is 1. The molecule has 3 rings (SSSR count). The number of nitrogens with two attached hydrogens (primary N) is 1. The van der Waals surface area contributed by atoms with Gasteiger partial charge in [-0.05, 0) is 68.1 Å². The Labute approximate surface area is 125 Å². The van der Waals surface area contributed by atoms with Crippen LogP contribution in [-0.2, 0) is 0 Å². The van der Waals surface area contributed by atoms with Crippen LogP contribution in [0.5, 0.6) is 0 Å². The highest BCUT2D eigenvalue weighted by molar-refractivity contribution is 4.95. The van der Waals surface area contributed by atoms with Crippen LogP contribution < -0.4 is 5.73 Å². The molecule has 0 amide bonds. The lowest BCUT2D eigenvalue weighted by Gasteiger charge is -2.45. The van der Waals surface area contributed by atoms with E-state index in [1.807, 2.05) is 0 Å². The predicted octanol–water partition coefficient (Wildman–Crippen LogP) is 3.65. The van der Waals surface area contributed by atoms with Crippen LogP contribution in [0.25, 0.3) is 0 Å². The van der Waals surface area contributed by atoms with Crippen molar-refractivity contribution in [3.63, 3.8) is 0 Å². The molecule has 3 unspecified atom stereocenters. The molecule has 0 spiro atoms. The van der Waals surface area contributed by atoms with Crippen LogP contribution in [0.4, 0.5) is 0 Å². The SMILES string of the molecule is CC(C)(C)C1CCC(N)C(N(CC2CC2)CC2CC2)C1. The molecule has 0 aromatic heterocycles. The highest BCUT2D eigenvalue weighted by Crippen LogP contribution is 2.41. The van der Waals surface area contributed by atoms with Gasteiger partial charge >= 0.3 is 0 Å². The number of rotatable bonds is 5. The van der Waals surface area contributed by atoms with Crippen molar-refractivity contribution < 1.29 is 0 Å². The molecule has 2 nitrogen and oxygen atoms in total. The van der Waals surface area contributed by atoms with Crippen LogP contribution in [0.1, 0.15) is 65.7 Å². The maximum atomic E-state index is 6.54. The monoisotopic (exact) mass is 278 g/mol. The van der Waals surface area contributed by atoms with Gasteiger partial charge in [-0.3, -0.25) is 4.90 Å². The van der Waals surface area contributed by atoms with E-state index in [-0.39, 0.29) is 0 Å². The normalized spacial score (nSPS) is 35.5. The second-order valence-electron chi connectivity index (χ2n) is 8.95. The smallest absolute Gasteiger partial charge is 0.0250 e. The van der Waals surface area contributed by atoms with Crippen LogP contribution >= 0.6 is 0 Å². The van der Waals surface area contributed by atoms with E-state index >= 15 is 0 Å². The van der Waals surface area contributed by atoms with Crippen molar-refractivity contribution in [1.82, 2.24) is 4.90 Å². The van der Waals surface area contributed by atoms with E-state index < -0.39 is 0 Å². The molecular formula is C18H34N2. The summed E-state index contributed by atoms with van der Waals surface area (Å²) < 4.78 is 0. The first-order valence-corrected chi connectivity index (χ1v) is 8.93. The zero-order valence-corrected chi connectivity index (χ0v) is 13.8. The van der Waals surface area contributed by atoms with Crippen LogP contribution in [0.15, 0.2) is 0 Å². The Morgan fingerprint density at radius 1 is 0.900 bits per heavy atom. The molecule has 3 aliphatic rings. The van der Waals surface area contributed by atoms with Gasteiger partial charge in [0.1, 0.15) is 0 Å². The fourth-order valence-electron chi connectivity index (χ4n) is 3.99. The Kier molecular flexibility index (Phi) is 4.16. The number of hydrogen-bond acceptors (Lipinski definition) is 2. The lowest BCUT2D eigenvalue weighted by molar-refractivity contribution is 0.0634. The molecule has 0 aromatic carbocycles. The quantitative estimate of drug-likeness (QED) is 0.832. The molecule has 116 valence electrons. The summed E-state index contributed by atoms with van der Waals surface area (Å²) >= 11 is 0. The largest absolute Gasteiger partial charge is 0.326 e. The summed E-state index contributed by atoms with van der Waals surface area (Å²) in [7, 11) is 0. The van der Waals surface area contributed by atoms with Gasteiger partial charge in [0, 0.05) is 25.2 Å². The molecule has 0 aromatic rings. The van der Waals surface area contributed by atoms with Gasteiger partial charge < -0.3 is 5.73 Å². The van der Waals surface area contributed by atoms with Crippen molar-refractivity contribution >= 4 is 0 Å². The Hall–Kier alpha value is -0.0800. The lowest BCUT2D eigenvalue weighted by Crippen LogP contribution is -2.53. The van der Waals surface area contributed by atoms with E-state index in [0.29, 0.717) is 17.5 Å². The van der Waals surface area contributed by atoms with Gasteiger partial charge in [0.05, 0.1) is 0 Å². The van der Waals surface area contributed by atoms with Gasteiger partial charge in [-0.1, -0.05) is 20.8 Å². The third-order valence-electron chi connectivity index (χ3n) is 5.94. The average molecular weight is 278 g/mol. The second kappa shape index (κ2) is 5.61. The summed E-state index contributed by atoms with van der Waals surface area (Å²) in [5, 5.41) is 0. The zero-order valence-electron chi connectivity index (χ0n) is 13.8. The summed E-state index contributed by atoms with van der Waals surface area (Å²) in [6.45, 7) is 9.92. The van der Waals surface area contributed by atoms with E-state index in [1.165, 1.54) is 58.0 Å². The van der Waals surface area contributed by atoms with Crippen molar-refractivity contribution in [3.8, 4) is 0 Å². The van der Waals surface area contributed by atoms with Crippen molar-refractivity contribution in [3.05, 3.63) is 0 Å². The molecule has 3 fully saturated rings. The molecule has 3 atom stereocenters. The number of nitrogens with zero attached hydrogens (tertiary/aromatic N) is 1. The molecule has 0 bridgehead atoms. The van der Waals surface area contributed by atoms with Crippen LogP contribution in [0.2, 0.25) is 0 Å². The van der Waals surface area contributed by atoms with Gasteiger partial charge in [0.25, 0.3) is 0 Å².